The monoisotopic (exact) mass is 270 g/mol. The number of anilines is 2. The smallest absolute Gasteiger partial charge is 0.337 e. The van der Waals surface area contributed by atoms with Gasteiger partial charge in [-0.3, -0.25) is 0 Å². The number of halogens is 1. The molecule has 1 aromatic rings. The van der Waals surface area contributed by atoms with Crippen molar-refractivity contribution in [3.63, 3.8) is 0 Å². The van der Waals surface area contributed by atoms with E-state index in [1.165, 1.54) is 26.4 Å². The van der Waals surface area contributed by atoms with Gasteiger partial charge in [0.15, 0.2) is 0 Å². The van der Waals surface area contributed by atoms with Crippen LogP contribution < -0.4 is 10.6 Å². The zero-order valence-corrected chi connectivity index (χ0v) is 11.3. The second kappa shape index (κ2) is 6.50. The lowest BCUT2D eigenvalue weighted by atomic mass is 10.1. The Hall–Kier alpha value is -1.42. The maximum atomic E-state index is 11.4. The van der Waals surface area contributed by atoms with E-state index in [4.69, 9.17) is 5.73 Å². The summed E-state index contributed by atoms with van der Waals surface area (Å²) in [6.45, 7) is 2.09. The number of methoxy groups -OCH3 is 1. The van der Waals surface area contributed by atoms with Gasteiger partial charge in [-0.1, -0.05) is 0 Å². The normalized spacial score (nSPS) is 14.8. The van der Waals surface area contributed by atoms with Crippen molar-refractivity contribution in [3.05, 3.63) is 23.8 Å². The van der Waals surface area contributed by atoms with Crippen LogP contribution in [-0.4, -0.2) is 26.2 Å². The molecule has 100 valence electrons. The highest BCUT2D eigenvalue weighted by atomic mass is 35.5. The van der Waals surface area contributed by atoms with Gasteiger partial charge < -0.3 is 15.4 Å². The van der Waals surface area contributed by atoms with Crippen molar-refractivity contribution in [1.82, 2.24) is 0 Å². The Kier molecular flexibility index (Phi) is 5.28. The highest BCUT2D eigenvalue weighted by molar-refractivity contribution is 5.92. The predicted molar refractivity (Wildman–Crippen MR) is 75.5 cm³/mol. The van der Waals surface area contributed by atoms with Gasteiger partial charge in [0, 0.05) is 13.1 Å². The van der Waals surface area contributed by atoms with Crippen LogP contribution in [0.3, 0.4) is 0 Å². The number of nitrogens with two attached hydrogens (primary N) is 1. The summed E-state index contributed by atoms with van der Waals surface area (Å²) in [5.74, 6) is -0.345. The first-order valence-electron chi connectivity index (χ1n) is 5.95. The maximum Gasteiger partial charge on any atom is 0.337 e. The van der Waals surface area contributed by atoms with Gasteiger partial charge in [0.05, 0.1) is 24.0 Å². The number of hydrogen-bond acceptors (Lipinski definition) is 4. The third kappa shape index (κ3) is 3.07. The molecule has 1 saturated heterocycles. The van der Waals surface area contributed by atoms with Crippen molar-refractivity contribution < 1.29 is 9.53 Å². The second-order valence-electron chi connectivity index (χ2n) is 4.31. The molecule has 4 nitrogen and oxygen atoms in total. The van der Waals surface area contributed by atoms with Crippen LogP contribution >= 0.6 is 12.4 Å². The minimum absolute atomic E-state index is 0. The SMILES string of the molecule is COC(=O)c1ccc(N2CCCCC2)c(N)c1.Cl. The fraction of sp³-hybridized carbons (Fsp3) is 0.462. The van der Waals surface area contributed by atoms with Crippen molar-refractivity contribution in [1.29, 1.82) is 0 Å². The minimum Gasteiger partial charge on any atom is -0.465 e. The van der Waals surface area contributed by atoms with Gasteiger partial charge in [-0.05, 0) is 37.5 Å². The average molecular weight is 271 g/mol. The Bertz CT molecular complexity index is 417. The van der Waals surface area contributed by atoms with E-state index in [2.05, 4.69) is 9.64 Å². The maximum absolute atomic E-state index is 11.4. The summed E-state index contributed by atoms with van der Waals surface area (Å²) >= 11 is 0. The van der Waals surface area contributed by atoms with Crippen LogP contribution in [0.2, 0.25) is 0 Å². The number of carbonyl (C=O) groups is 1. The molecule has 5 heteroatoms. The van der Waals surface area contributed by atoms with E-state index in [9.17, 15) is 4.79 Å². The number of ether oxygens (including phenoxy) is 1. The molecule has 2 rings (SSSR count). The molecule has 0 radical (unpaired) electrons. The van der Waals surface area contributed by atoms with Gasteiger partial charge in [0.1, 0.15) is 0 Å². The van der Waals surface area contributed by atoms with Crippen LogP contribution in [0.25, 0.3) is 0 Å². The lowest BCUT2D eigenvalue weighted by molar-refractivity contribution is 0.0601. The van der Waals surface area contributed by atoms with Gasteiger partial charge >= 0.3 is 5.97 Å². The number of esters is 1. The second-order valence-corrected chi connectivity index (χ2v) is 4.31. The molecule has 1 aliphatic rings. The fourth-order valence-electron chi connectivity index (χ4n) is 2.22. The zero-order valence-electron chi connectivity index (χ0n) is 10.5. The Morgan fingerprint density at radius 1 is 1.28 bits per heavy atom. The molecule has 18 heavy (non-hydrogen) atoms. The van der Waals surface area contributed by atoms with E-state index in [0.717, 1.165) is 18.8 Å². The summed E-state index contributed by atoms with van der Waals surface area (Å²) in [7, 11) is 1.37. The van der Waals surface area contributed by atoms with Crippen molar-refractivity contribution in [2.45, 2.75) is 19.3 Å². The van der Waals surface area contributed by atoms with Gasteiger partial charge in [0.25, 0.3) is 0 Å². The van der Waals surface area contributed by atoms with Crippen molar-refractivity contribution in [2.24, 2.45) is 0 Å². The molecule has 0 saturated carbocycles. The van der Waals surface area contributed by atoms with Crippen LogP contribution in [0, 0.1) is 0 Å². The number of carbonyl (C=O) groups excluding carboxylic acids is 1. The quantitative estimate of drug-likeness (QED) is 0.663. The summed E-state index contributed by atoms with van der Waals surface area (Å²) in [4.78, 5) is 13.6. The molecular formula is C13H19ClN2O2. The third-order valence-corrected chi connectivity index (χ3v) is 3.15. The molecule has 0 spiro atoms. The molecule has 0 bridgehead atoms. The highest BCUT2D eigenvalue weighted by Crippen LogP contribution is 2.27. The van der Waals surface area contributed by atoms with E-state index in [0.29, 0.717) is 11.3 Å². The van der Waals surface area contributed by atoms with E-state index in [1.807, 2.05) is 6.07 Å². The Balaban J connectivity index is 0.00000162. The van der Waals surface area contributed by atoms with Crippen molar-refractivity contribution >= 4 is 29.8 Å². The van der Waals surface area contributed by atoms with Crippen LogP contribution in [-0.2, 0) is 4.74 Å². The first-order chi connectivity index (χ1) is 8.22. The largest absolute Gasteiger partial charge is 0.465 e. The number of piperidine rings is 1. The summed E-state index contributed by atoms with van der Waals surface area (Å²) in [6.07, 6.45) is 3.70. The molecule has 0 unspecified atom stereocenters. The number of nitrogen functional groups attached to an aromatic ring is 1. The van der Waals surface area contributed by atoms with Gasteiger partial charge in [-0.25, -0.2) is 4.79 Å². The number of hydrogen-bond donors (Lipinski definition) is 1. The minimum atomic E-state index is -0.345. The Morgan fingerprint density at radius 2 is 1.94 bits per heavy atom. The number of nitrogens with zero attached hydrogens (tertiary/aromatic N) is 1. The number of rotatable bonds is 2. The molecule has 0 aromatic heterocycles. The molecule has 1 aliphatic heterocycles. The highest BCUT2D eigenvalue weighted by Gasteiger charge is 2.15. The predicted octanol–water partition coefficient (Wildman–Crippen LogP) is 2.47. The Labute approximate surface area is 114 Å². The molecule has 0 atom stereocenters. The van der Waals surface area contributed by atoms with Crippen LogP contribution in [0.4, 0.5) is 11.4 Å². The molecule has 0 aliphatic carbocycles. The molecule has 1 fully saturated rings. The molecule has 1 heterocycles. The zero-order chi connectivity index (χ0) is 12.3. The van der Waals surface area contributed by atoms with Crippen LogP contribution in [0.15, 0.2) is 18.2 Å². The van der Waals surface area contributed by atoms with Gasteiger partial charge in [-0.2, -0.15) is 0 Å². The molecule has 2 N–H and O–H groups in total. The van der Waals surface area contributed by atoms with Gasteiger partial charge in [-0.15, -0.1) is 12.4 Å². The topological polar surface area (TPSA) is 55.6 Å². The first kappa shape index (κ1) is 14.6. The van der Waals surface area contributed by atoms with E-state index < -0.39 is 0 Å². The fourth-order valence-corrected chi connectivity index (χ4v) is 2.22. The molecule has 0 amide bonds. The molecule has 1 aromatic carbocycles. The first-order valence-corrected chi connectivity index (χ1v) is 5.95. The summed E-state index contributed by atoms with van der Waals surface area (Å²) in [6, 6.07) is 5.37. The van der Waals surface area contributed by atoms with Gasteiger partial charge in [0.2, 0.25) is 0 Å². The summed E-state index contributed by atoms with van der Waals surface area (Å²) in [5.41, 5.74) is 8.17. The average Bonchev–Trinajstić information content (AvgIpc) is 2.38. The molecular weight excluding hydrogens is 252 g/mol. The van der Waals surface area contributed by atoms with Crippen molar-refractivity contribution in [3.8, 4) is 0 Å². The number of benzene rings is 1. The van der Waals surface area contributed by atoms with Crippen LogP contribution in [0.1, 0.15) is 29.6 Å². The lowest BCUT2D eigenvalue weighted by Crippen LogP contribution is -2.30. The summed E-state index contributed by atoms with van der Waals surface area (Å²) < 4.78 is 4.67. The summed E-state index contributed by atoms with van der Waals surface area (Å²) in [5, 5.41) is 0. The van der Waals surface area contributed by atoms with Crippen molar-refractivity contribution in [2.75, 3.05) is 30.8 Å². The van der Waals surface area contributed by atoms with Crippen LogP contribution in [0.5, 0.6) is 0 Å². The Morgan fingerprint density at radius 3 is 2.50 bits per heavy atom. The lowest BCUT2D eigenvalue weighted by Gasteiger charge is -2.29. The van der Waals surface area contributed by atoms with E-state index in [1.54, 1.807) is 12.1 Å². The third-order valence-electron chi connectivity index (χ3n) is 3.15. The van der Waals surface area contributed by atoms with E-state index >= 15 is 0 Å². The standard InChI is InChI=1S/C13H18N2O2.ClH/c1-17-13(16)10-5-6-12(11(14)9-10)15-7-3-2-4-8-15;/h5-6,9H,2-4,7-8,14H2,1H3;1H. The van der Waals surface area contributed by atoms with E-state index in [-0.39, 0.29) is 18.4 Å².